The summed E-state index contributed by atoms with van der Waals surface area (Å²) in [7, 11) is 0. The van der Waals surface area contributed by atoms with Crippen LogP contribution in [0.2, 0.25) is 0 Å². The number of alkyl carbamates (subject to hydrolysis) is 1. The molecule has 1 heterocycles. The second kappa shape index (κ2) is 14.6. The number of halogens is 2. The van der Waals surface area contributed by atoms with Gasteiger partial charge in [-0.2, -0.15) is 0 Å². The van der Waals surface area contributed by atoms with Gasteiger partial charge in [-0.25, -0.2) is 24.4 Å². The molecular formula is C32H42F2N6O5. The van der Waals surface area contributed by atoms with Gasteiger partial charge in [-0.15, -0.1) is 0 Å². The van der Waals surface area contributed by atoms with Gasteiger partial charge < -0.3 is 24.6 Å². The Balaban J connectivity index is 2.11. The van der Waals surface area contributed by atoms with Crippen LogP contribution in [0.4, 0.5) is 13.6 Å². The second-order valence-corrected chi connectivity index (χ2v) is 12.7. The third kappa shape index (κ3) is 9.56. The molecule has 0 aliphatic carbocycles. The number of nitrogens with zero attached hydrogens (tertiary/aromatic N) is 3. The minimum Gasteiger partial charge on any atom is -0.444 e. The summed E-state index contributed by atoms with van der Waals surface area (Å²) in [4.78, 5) is 44.6. The summed E-state index contributed by atoms with van der Waals surface area (Å²) in [6.45, 7) is 9.89. The number of carbonyl (C=O) groups excluding carboxylic acids is 3. The highest BCUT2D eigenvalue weighted by molar-refractivity contribution is 5.85. The topological polar surface area (TPSA) is 152 Å². The van der Waals surface area contributed by atoms with Gasteiger partial charge in [0.1, 0.15) is 35.7 Å². The molecule has 3 aromatic rings. The van der Waals surface area contributed by atoms with Crippen molar-refractivity contribution in [3.63, 3.8) is 0 Å². The number of aliphatic hydroxyl groups excluding tert-OH is 1. The van der Waals surface area contributed by atoms with Gasteiger partial charge in [-0.05, 0) is 56.4 Å². The van der Waals surface area contributed by atoms with Crippen molar-refractivity contribution in [3.05, 3.63) is 77.8 Å². The van der Waals surface area contributed by atoms with Crippen molar-refractivity contribution < 1.29 is 33.0 Å². The van der Waals surface area contributed by atoms with Gasteiger partial charge in [0.05, 0.1) is 11.7 Å². The third-order valence-electron chi connectivity index (χ3n) is 6.85. The summed E-state index contributed by atoms with van der Waals surface area (Å²) < 4.78 is 36.2. The smallest absolute Gasteiger partial charge is 0.408 e. The molecule has 5 N–H and O–H groups in total. The van der Waals surface area contributed by atoms with Crippen molar-refractivity contribution in [2.75, 3.05) is 13.2 Å². The molecule has 244 valence electrons. The summed E-state index contributed by atoms with van der Waals surface area (Å²) in [5.74, 6) is 3.01. The number of benzene rings is 2. The lowest BCUT2D eigenvalue weighted by molar-refractivity contribution is -0.140. The monoisotopic (exact) mass is 628 g/mol. The molecule has 13 heteroatoms. The van der Waals surface area contributed by atoms with Crippen LogP contribution in [-0.4, -0.2) is 62.3 Å². The first-order valence-corrected chi connectivity index (χ1v) is 14.5. The Hall–Kier alpha value is -4.36. The number of amides is 3. The standard InChI is InChI=1S/C32H42F2N6O5/c1-31(2,3)27(40(26(42)19-41)15-14-24(29(43)38-35)37-30(44)45-32(4,5)6)28-36-25(22-16-21(33)12-13-23(22)34)18-39(28)17-20-10-8-7-9-11-20/h7-13,16,18,24,27,41H,14-15,17,19,35H2,1-6H3,(H,37,44)(H,38,43). The number of aliphatic hydroxyl groups is 1. The first-order chi connectivity index (χ1) is 21.0. The van der Waals surface area contributed by atoms with E-state index in [2.05, 4.69) is 5.32 Å². The molecule has 1 aromatic heterocycles. The molecule has 2 atom stereocenters. The van der Waals surface area contributed by atoms with Crippen LogP contribution in [0.15, 0.2) is 54.7 Å². The van der Waals surface area contributed by atoms with E-state index in [1.807, 2.05) is 56.5 Å². The Morgan fingerprint density at radius 2 is 1.73 bits per heavy atom. The number of ether oxygens (including phenoxy) is 1. The van der Waals surface area contributed by atoms with E-state index in [0.717, 1.165) is 23.8 Å². The van der Waals surface area contributed by atoms with Gasteiger partial charge in [-0.3, -0.25) is 15.0 Å². The molecule has 0 bridgehead atoms. The number of nitrogens with two attached hydrogens (primary N) is 1. The molecule has 3 rings (SSSR count). The zero-order valence-electron chi connectivity index (χ0n) is 26.4. The normalized spacial score (nSPS) is 13.1. The first-order valence-electron chi connectivity index (χ1n) is 14.5. The molecule has 0 aliphatic rings. The predicted molar refractivity (Wildman–Crippen MR) is 164 cm³/mol. The Morgan fingerprint density at radius 3 is 2.31 bits per heavy atom. The Labute approximate surface area is 261 Å². The van der Waals surface area contributed by atoms with Gasteiger partial charge in [0.25, 0.3) is 5.91 Å². The number of carbonyl (C=O) groups is 3. The summed E-state index contributed by atoms with van der Waals surface area (Å²) >= 11 is 0. The summed E-state index contributed by atoms with van der Waals surface area (Å²) in [5, 5.41) is 12.5. The number of rotatable bonds is 11. The minimum atomic E-state index is -1.19. The van der Waals surface area contributed by atoms with Crippen molar-refractivity contribution >= 4 is 17.9 Å². The Kier molecular flexibility index (Phi) is 11.4. The van der Waals surface area contributed by atoms with Crippen LogP contribution in [0.5, 0.6) is 0 Å². The van der Waals surface area contributed by atoms with Crippen molar-refractivity contribution in [2.45, 2.75) is 72.2 Å². The molecule has 0 fully saturated rings. The van der Waals surface area contributed by atoms with Gasteiger partial charge in [-0.1, -0.05) is 51.1 Å². The average molecular weight is 629 g/mol. The SMILES string of the molecule is CC(C)(C)OC(=O)NC(CCN(C(=O)CO)C(c1nc(-c2cc(F)ccc2F)cn1Cc1ccccc1)C(C)(C)C)C(=O)NN. The summed E-state index contributed by atoms with van der Waals surface area (Å²) in [6.07, 6.45) is 0.629. The van der Waals surface area contributed by atoms with Crippen LogP contribution in [0, 0.1) is 17.0 Å². The molecule has 0 aliphatic heterocycles. The lowest BCUT2D eigenvalue weighted by Crippen LogP contribution is -2.52. The molecule has 3 amide bonds. The van der Waals surface area contributed by atoms with Crippen LogP contribution < -0.4 is 16.6 Å². The molecule has 2 aromatic carbocycles. The number of nitrogens with one attached hydrogen (secondary N) is 2. The third-order valence-corrected chi connectivity index (χ3v) is 6.85. The van der Waals surface area contributed by atoms with E-state index in [4.69, 9.17) is 15.6 Å². The van der Waals surface area contributed by atoms with Crippen LogP contribution in [0.1, 0.15) is 65.4 Å². The highest BCUT2D eigenvalue weighted by Gasteiger charge is 2.39. The van der Waals surface area contributed by atoms with E-state index in [9.17, 15) is 28.3 Å². The fourth-order valence-electron chi connectivity index (χ4n) is 4.95. The molecule has 2 unspecified atom stereocenters. The van der Waals surface area contributed by atoms with E-state index in [1.165, 1.54) is 4.90 Å². The minimum absolute atomic E-state index is 0.0583. The number of aromatic nitrogens is 2. The summed E-state index contributed by atoms with van der Waals surface area (Å²) in [6, 6.07) is 10.4. The maximum atomic E-state index is 14.9. The molecule has 0 spiro atoms. The van der Waals surface area contributed by atoms with Crippen LogP contribution in [-0.2, 0) is 20.9 Å². The van der Waals surface area contributed by atoms with Crippen molar-refractivity contribution in [1.29, 1.82) is 0 Å². The van der Waals surface area contributed by atoms with Crippen molar-refractivity contribution in [1.82, 2.24) is 25.2 Å². The van der Waals surface area contributed by atoms with Crippen LogP contribution in [0.3, 0.4) is 0 Å². The number of hydrogen-bond acceptors (Lipinski definition) is 7. The highest BCUT2D eigenvalue weighted by atomic mass is 19.1. The number of imidazole rings is 1. The molecule has 0 saturated carbocycles. The largest absolute Gasteiger partial charge is 0.444 e. The predicted octanol–water partition coefficient (Wildman–Crippen LogP) is 4.06. The lowest BCUT2D eigenvalue weighted by atomic mass is 9.84. The fraction of sp³-hybridized carbons (Fsp3) is 0.438. The van der Waals surface area contributed by atoms with Gasteiger partial charge >= 0.3 is 6.09 Å². The number of hydrogen-bond donors (Lipinski definition) is 4. The second-order valence-electron chi connectivity index (χ2n) is 12.7. The quantitative estimate of drug-likeness (QED) is 0.142. The Bertz CT molecular complexity index is 1480. The zero-order valence-corrected chi connectivity index (χ0v) is 26.4. The van der Waals surface area contributed by atoms with Crippen LogP contribution >= 0.6 is 0 Å². The highest BCUT2D eigenvalue weighted by Crippen LogP contribution is 2.39. The maximum absolute atomic E-state index is 14.9. The van der Waals surface area contributed by atoms with Crippen molar-refractivity contribution in [2.24, 2.45) is 11.3 Å². The van der Waals surface area contributed by atoms with E-state index >= 15 is 0 Å². The summed E-state index contributed by atoms with van der Waals surface area (Å²) in [5.41, 5.74) is 1.43. The zero-order chi connectivity index (χ0) is 33.5. The van der Waals surface area contributed by atoms with Crippen LogP contribution in [0.25, 0.3) is 11.3 Å². The molecule has 0 saturated heterocycles. The number of hydrazine groups is 1. The molecular weight excluding hydrogens is 586 g/mol. The Morgan fingerprint density at radius 1 is 1.07 bits per heavy atom. The maximum Gasteiger partial charge on any atom is 0.408 e. The first kappa shape index (κ1) is 35.1. The molecule has 0 radical (unpaired) electrons. The van der Waals surface area contributed by atoms with E-state index in [-0.39, 0.29) is 30.8 Å². The van der Waals surface area contributed by atoms with Gasteiger partial charge in [0.2, 0.25) is 5.91 Å². The lowest BCUT2D eigenvalue weighted by Gasteiger charge is -2.40. The van der Waals surface area contributed by atoms with Gasteiger partial charge in [0.15, 0.2) is 0 Å². The van der Waals surface area contributed by atoms with E-state index < -0.39 is 59.2 Å². The van der Waals surface area contributed by atoms with Gasteiger partial charge in [0, 0.05) is 24.8 Å². The fourth-order valence-corrected chi connectivity index (χ4v) is 4.95. The molecule has 45 heavy (non-hydrogen) atoms. The molecule has 11 nitrogen and oxygen atoms in total. The van der Waals surface area contributed by atoms with E-state index in [0.29, 0.717) is 5.82 Å². The van der Waals surface area contributed by atoms with Crippen molar-refractivity contribution in [3.8, 4) is 11.3 Å². The average Bonchev–Trinajstić information content (AvgIpc) is 3.35. The van der Waals surface area contributed by atoms with E-state index in [1.54, 1.807) is 31.5 Å².